The lowest BCUT2D eigenvalue weighted by atomic mass is 9.99. The van der Waals surface area contributed by atoms with Gasteiger partial charge >= 0.3 is 5.97 Å². The molecule has 0 aliphatic carbocycles. The van der Waals surface area contributed by atoms with E-state index in [1.54, 1.807) is 38.4 Å². The van der Waals surface area contributed by atoms with Crippen molar-refractivity contribution < 1.29 is 14.7 Å². The third kappa shape index (κ3) is 4.53. The largest absolute Gasteiger partial charge is 0.480 e. The van der Waals surface area contributed by atoms with Crippen molar-refractivity contribution in [2.75, 3.05) is 0 Å². The van der Waals surface area contributed by atoms with Crippen LogP contribution in [-0.4, -0.2) is 38.0 Å². The van der Waals surface area contributed by atoms with Gasteiger partial charge in [0.25, 0.3) is 5.56 Å². The van der Waals surface area contributed by atoms with Crippen LogP contribution < -0.4 is 10.9 Å². The Hall–Kier alpha value is -3.03. The summed E-state index contributed by atoms with van der Waals surface area (Å²) in [5.41, 5.74) is 0.925. The number of nitrogens with zero attached hydrogens (tertiary/aromatic N) is 2. The highest BCUT2D eigenvalue weighted by molar-refractivity contribution is 5.85. The molecular formula is C18H22N4O4. The molecule has 2 atom stereocenters. The Bertz CT molecular complexity index is 848. The second kappa shape index (κ2) is 8.37. The quantitative estimate of drug-likeness (QED) is 0.685. The smallest absolute Gasteiger partial charge is 0.326 e. The summed E-state index contributed by atoms with van der Waals surface area (Å²) in [4.78, 5) is 46.9. The van der Waals surface area contributed by atoms with Crippen LogP contribution in [0.2, 0.25) is 0 Å². The van der Waals surface area contributed by atoms with Crippen LogP contribution in [0.5, 0.6) is 0 Å². The number of amides is 1. The Balaban J connectivity index is 2.20. The monoisotopic (exact) mass is 358 g/mol. The molecule has 138 valence electrons. The fourth-order valence-electron chi connectivity index (χ4n) is 2.53. The summed E-state index contributed by atoms with van der Waals surface area (Å²) in [6, 6.07) is 2.44. The van der Waals surface area contributed by atoms with Crippen LogP contribution in [0.4, 0.5) is 0 Å². The maximum Gasteiger partial charge on any atom is 0.326 e. The molecule has 8 nitrogen and oxygen atoms in total. The van der Waals surface area contributed by atoms with Crippen molar-refractivity contribution in [2.24, 2.45) is 5.92 Å². The van der Waals surface area contributed by atoms with E-state index in [-0.39, 0.29) is 17.9 Å². The Morgan fingerprint density at radius 3 is 2.50 bits per heavy atom. The van der Waals surface area contributed by atoms with E-state index < -0.39 is 23.5 Å². The number of carbonyl (C=O) groups is 2. The lowest BCUT2D eigenvalue weighted by Gasteiger charge is -2.20. The van der Waals surface area contributed by atoms with Gasteiger partial charge in [0.2, 0.25) is 5.91 Å². The number of rotatable bonds is 7. The van der Waals surface area contributed by atoms with Gasteiger partial charge in [0.05, 0.1) is 6.42 Å². The van der Waals surface area contributed by atoms with Gasteiger partial charge in [-0.15, -0.1) is 0 Å². The Labute approximate surface area is 150 Å². The zero-order chi connectivity index (χ0) is 19.3. The van der Waals surface area contributed by atoms with Gasteiger partial charge in [-0.25, -0.2) is 9.78 Å². The van der Waals surface area contributed by atoms with E-state index in [1.165, 1.54) is 0 Å². The van der Waals surface area contributed by atoms with E-state index in [0.29, 0.717) is 23.5 Å². The van der Waals surface area contributed by atoms with Gasteiger partial charge in [0, 0.05) is 29.2 Å². The Kier molecular flexibility index (Phi) is 6.21. The maximum atomic E-state index is 12.4. The summed E-state index contributed by atoms with van der Waals surface area (Å²) < 4.78 is 0. The third-order valence-electron chi connectivity index (χ3n) is 4.31. The van der Waals surface area contributed by atoms with Gasteiger partial charge in [0.1, 0.15) is 11.9 Å². The SMILES string of the molecule is CC[C@H](C)[C@H](NC(=O)Cc1c(C)nc(-c2ccncc2)[nH]c1=O)C(=O)O. The van der Waals surface area contributed by atoms with Crippen molar-refractivity contribution in [3.63, 3.8) is 0 Å². The van der Waals surface area contributed by atoms with Crippen molar-refractivity contribution in [1.82, 2.24) is 20.3 Å². The molecule has 8 heteroatoms. The summed E-state index contributed by atoms with van der Waals surface area (Å²) in [5.74, 6) is -1.45. The normalized spacial score (nSPS) is 13.0. The van der Waals surface area contributed by atoms with Crippen LogP contribution >= 0.6 is 0 Å². The van der Waals surface area contributed by atoms with E-state index in [2.05, 4.69) is 20.3 Å². The molecule has 0 radical (unpaired) electrons. The molecule has 0 fully saturated rings. The third-order valence-corrected chi connectivity index (χ3v) is 4.31. The first-order chi connectivity index (χ1) is 12.3. The summed E-state index contributed by atoms with van der Waals surface area (Å²) >= 11 is 0. The predicted octanol–water partition coefficient (Wildman–Crippen LogP) is 1.30. The molecule has 2 rings (SSSR count). The number of aryl methyl sites for hydroxylation is 1. The number of carbonyl (C=O) groups excluding carboxylic acids is 1. The van der Waals surface area contributed by atoms with Gasteiger partial charge in [-0.05, 0) is 25.0 Å². The van der Waals surface area contributed by atoms with Crippen molar-refractivity contribution in [1.29, 1.82) is 0 Å². The summed E-state index contributed by atoms with van der Waals surface area (Å²) in [7, 11) is 0. The first-order valence-corrected chi connectivity index (χ1v) is 8.35. The molecule has 3 N–H and O–H groups in total. The van der Waals surface area contributed by atoms with Gasteiger partial charge in [0.15, 0.2) is 0 Å². The number of hydrogen-bond donors (Lipinski definition) is 3. The zero-order valence-corrected chi connectivity index (χ0v) is 14.9. The average molecular weight is 358 g/mol. The zero-order valence-electron chi connectivity index (χ0n) is 14.9. The van der Waals surface area contributed by atoms with Crippen LogP contribution in [0.25, 0.3) is 11.4 Å². The number of carboxylic acids is 1. The topological polar surface area (TPSA) is 125 Å². The van der Waals surface area contributed by atoms with E-state index in [1.807, 2.05) is 6.92 Å². The van der Waals surface area contributed by atoms with Crippen molar-refractivity contribution in [3.05, 3.63) is 46.1 Å². The summed E-state index contributed by atoms with van der Waals surface area (Å²) in [5, 5.41) is 11.8. The number of aliphatic carboxylic acids is 1. The first-order valence-electron chi connectivity index (χ1n) is 8.35. The van der Waals surface area contributed by atoms with Gasteiger partial charge in [-0.2, -0.15) is 0 Å². The Morgan fingerprint density at radius 1 is 1.31 bits per heavy atom. The lowest BCUT2D eigenvalue weighted by molar-refractivity contribution is -0.143. The van der Waals surface area contributed by atoms with Crippen LogP contribution in [0.15, 0.2) is 29.3 Å². The molecule has 1 amide bonds. The van der Waals surface area contributed by atoms with Crippen molar-refractivity contribution in [3.8, 4) is 11.4 Å². The van der Waals surface area contributed by atoms with Crippen LogP contribution in [0, 0.1) is 12.8 Å². The van der Waals surface area contributed by atoms with Crippen molar-refractivity contribution in [2.45, 2.75) is 39.7 Å². The molecule has 0 aliphatic heterocycles. The minimum absolute atomic E-state index is 0.216. The predicted molar refractivity (Wildman–Crippen MR) is 95.6 cm³/mol. The molecule has 26 heavy (non-hydrogen) atoms. The molecule has 0 saturated carbocycles. The second-order valence-electron chi connectivity index (χ2n) is 6.16. The molecule has 2 heterocycles. The maximum absolute atomic E-state index is 12.4. The highest BCUT2D eigenvalue weighted by Crippen LogP contribution is 2.13. The van der Waals surface area contributed by atoms with Crippen molar-refractivity contribution >= 4 is 11.9 Å². The summed E-state index contributed by atoms with van der Waals surface area (Å²) in [6.07, 6.45) is 3.56. The lowest BCUT2D eigenvalue weighted by Crippen LogP contribution is -2.46. The van der Waals surface area contributed by atoms with E-state index in [0.717, 1.165) is 0 Å². The fourth-order valence-corrected chi connectivity index (χ4v) is 2.53. The number of aromatic amines is 1. The summed E-state index contributed by atoms with van der Waals surface area (Å²) in [6.45, 7) is 5.25. The van der Waals surface area contributed by atoms with E-state index in [9.17, 15) is 19.5 Å². The minimum Gasteiger partial charge on any atom is -0.480 e. The molecule has 0 bridgehead atoms. The van der Waals surface area contributed by atoms with E-state index in [4.69, 9.17) is 0 Å². The second-order valence-corrected chi connectivity index (χ2v) is 6.16. The van der Waals surface area contributed by atoms with Gasteiger partial charge < -0.3 is 15.4 Å². The number of hydrogen-bond acceptors (Lipinski definition) is 5. The van der Waals surface area contributed by atoms with E-state index >= 15 is 0 Å². The number of aromatic nitrogens is 3. The number of pyridine rings is 1. The number of carboxylic acid groups (broad SMARTS) is 1. The van der Waals surface area contributed by atoms with Crippen LogP contribution in [-0.2, 0) is 16.0 Å². The molecule has 0 saturated heterocycles. The fraction of sp³-hybridized carbons (Fsp3) is 0.389. The highest BCUT2D eigenvalue weighted by atomic mass is 16.4. The van der Waals surface area contributed by atoms with Gasteiger partial charge in [-0.1, -0.05) is 20.3 Å². The van der Waals surface area contributed by atoms with Crippen LogP contribution in [0.1, 0.15) is 31.5 Å². The van der Waals surface area contributed by atoms with Crippen LogP contribution in [0.3, 0.4) is 0 Å². The minimum atomic E-state index is -1.09. The molecule has 0 spiro atoms. The molecule has 2 aromatic heterocycles. The standard InChI is InChI=1S/C18H22N4O4/c1-4-10(2)15(18(25)26)21-14(23)9-13-11(3)20-16(22-17(13)24)12-5-7-19-8-6-12/h5-8,10,15H,4,9H2,1-3H3,(H,21,23)(H,25,26)(H,20,22,24)/t10-,15-/m0/s1. The highest BCUT2D eigenvalue weighted by Gasteiger charge is 2.26. The first kappa shape index (κ1) is 19.3. The number of nitrogens with one attached hydrogen (secondary N) is 2. The average Bonchev–Trinajstić information content (AvgIpc) is 2.62. The molecular weight excluding hydrogens is 336 g/mol. The van der Waals surface area contributed by atoms with Gasteiger partial charge in [-0.3, -0.25) is 14.6 Å². The molecule has 0 aliphatic rings. The number of H-pyrrole nitrogens is 1. The molecule has 0 aromatic carbocycles. The molecule has 2 aromatic rings. The molecule has 0 unspecified atom stereocenters. The Morgan fingerprint density at radius 2 is 1.96 bits per heavy atom.